The van der Waals surface area contributed by atoms with E-state index in [1.807, 2.05) is 6.92 Å². The van der Waals surface area contributed by atoms with Gasteiger partial charge in [-0.2, -0.15) is 4.31 Å². The van der Waals surface area contributed by atoms with Gasteiger partial charge in [0.2, 0.25) is 0 Å². The van der Waals surface area contributed by atoms with Crippen LogP contribution in [-0.2, 0) is 26.1 Å². The maximum atomic E-state index is 12.2. The molecule has 0 N–H and O–H groups in total. The number of carbonyl (C=O) groups is 1. The number of carbonyl (C=O) groups excluding carboxylic acids is 1. The molecule has 0 saturated heterocycles. The molecule has 7 nitrogen and oxygen atoms in total. The van der Waals surface area contributed by atoms with Gasteiger partial charge < -0.3 is 9.30 Å². The molecule has 0 radical (unpaired) electrons. The van der Waals surface area contributed by atoms with Gasteiger partial charge in [0.15, 0.2) is 5.03 Å². The van der Waals surface area contributed by atoms with Crippen LogP contribution in [-0.4, -0.2) is 48.9 Å². The molecule has 0 aliphatic heterocycles. The lowest BCUT2D eigenvalue weighted by Gasteiger charge is -2.13. The van der Waals surface area contributed by atoms with Crippen molar-refractivity contribution in [3.8, 4) is 0 Å². The van der Waals surface area contributed by atoms with Crippen LogP contribution in [0.4, 0.5) is 0 Å². The summed E-state index contributed by atoms with van der Waals surface area (Å²) in [4.78, 5) is 15.2. The molecular formula is C11H19N3O4S. The molecule has 0 saturated carbocycles. The lowest BCUT2D eigenvalue weighted by atomic mass is 10.5. The van der Waals surface area contributed by atoms with E-state index in [9.17, 15) is 13.2 Å². The van der Waals surface area contributed by atoms with Gasteiger partial charge in [-0.1, -0.05) is 6.92 Å². The minimum Gasteiger partial charge on any atom is -0.468 e. The van der Waals surface area contributed by atoms with E-state index >= 15 is 0 Å². The Hall–Kier alpha value is -1.41. The molecule has 0 amide bonds. The van der Waals surface area contributed by atoms with Gasteiger partial charge in [0.1, 0.15) is 12.4 Å². The van der Waals surface area contributed by atoms with Gasteiger partial charge in [-0.05, 0) is 13.3 Å². The standard InChI is InChI=1S/C11H19N3O4S/c1-5-6-14-7-10(12-9(14)2)19(16,17)13(3)8-11(15)18-4/h7H,5-6,8H2,1-4H3. The molecule has 1 rings (SSSR count). The molecule has 0 bridgehead atoms. The van der Waals surface area contributed by atoms with Crippen LogP contribution < -0.4 is 0 Å². The van der Waals surface area contributed by atoms with Gasteiger partial charge in [0, 0.05) is 19.8 Å². The molecule has 1 aromatic heterocycles. The second-order valence-electron chi connectivity index (χ2n) is 4.16. The summed E-state index contributed by atoms with van der Waals surface area (Å²) in [5, 5.41) is -0.0511. The van der Waals surface area contributed by atoms with E-state index in [-0.39, 0.29) is 11.6 Å². The van der Waals surface area contributed by atoms with Gasteiger partial charge in [-0.15, -0.1) is 0 Å². The summed E-state index contributed by atoms with van der Waals surface area (Å²) in [5.74, 6) is 0.0164. The summed E-state index contributed by atoms with van der Waals surface area (Å²) < 4.78 is 31.5. The summed E-state index contributed by atoms with van der Waals surface area (Å²) in [7, 11) is -1.23. The lowest BCUT2D eigenvalue weighted by Crippen LogP contribution is -2.32. The summed E-state index contributed by atoms with van der Waals surface area (Å²) >= 11 is 0. The molecule has 0 aromatic carbocycles. The zero-order chi connectivity index (χ0) is 14.6. The van der Waals surface area contributed by atoms with E-state index in [1.165, 1.54) is 20.4 Å². The van der Waals surface area contributed by atoms with Crippen LogP contribution >= 0.6 is 0 Å². The van der Waals surface area contributed by atoms with Crippen molar-refractivity contribution in [3.05, 3.63) is 12.0 Å². The van der Waals surface area contributed by atoms with Crippen LogP contribution in [0.3, 0.4) is 0 Å². The summed E-state index contributed by atoms with van der Waals surface area (Å²) in [6, 6.07) is 0. The fourth-order valence-electron chi connectivity index (χ4n) is 1.56. The average Bonchev–Trinajstić information content (AvgIpc) is 2.72. The highest BCUT2D eigenvalue weighted by atomic mass is 32.2. The average molecular weight is 289 g/mol. The first-order valence-corrected chi connectivity index (χ1v) is 7.33. The Morgan fingerprint density at radius 2 is 2.16 bits per heavy atom. The van der Waals surface area contributed by atoms with Gasteiger partial charge in [0.25, 0.3) is 10.0 Å². The van der Waals surface area contributed by atoms with E-state index in [0.29, 0.717) is 12.4 Å². The second-order valence-corrected chi connectivity index (χ2v) is 6.15. The van der Waals surface area contributed by atoms with E-state index < -0.39 is 16.0 Å². The quantitative estimate of drug-likeness (QED) is 0.708. The van der Waals surface area contributed by atoms with Gasteiger partial charge >= 0.3 is 5.97 Å². The highest BCUT2D eigenvalue weighted by molar-refractivity contribution is 7.89. The maximum absolute atomic E-state index is 12.2. The predicted molar refractivity (Wildman–Crippen MR) is 69.1 cm³/mol. The van der Waals surface area contributed by atoms with Crippen LogP contribution in [0, 0.1) is 6.92 Å². The van der Waals surface area contributed by atoms with E-state index in [4.69, 9.17) is 0 Å². The second kappa shape index (κ2) is 6.16. The van der Waals surface area contributed by atoms with Crippen LogP contribution in [0.2, 0.25) is 0 Å². The molecule has 1 aromatic rings. The number of aryl methyl sites for hydroxylation is 2. The van der Waals surface area contributed by atoms with E-state index in [0.717, 1.165) is 10.7 Å². The monoisotopic (exact) mass is 289 g/mol. The number of esters is 1. The SMILES string of the molecule is CCCn1cc(S(=O)(=O)N(C)CC(=O)OC)nc1C. The number of nitrogens with zero attached hydrogens (tertiary/aromatic N) is 3. The van der Waals surface area contributed by atoms with E-state index in [1.54, 1.807) is 11.5 Å². The number of aromatic nitrogens is 2. The third-order valence-corrected chi connectivity index (χ3v) is 4.35. The van der Waals surface area contributed by atoms with Crippen molar-refractivity contribution < 1.29 is 17.9 Å². The molecule has 0 atom stereocenters. The first kappa shape index (κ1) is 15.6. The fraction of sp³-hybridized carbons (Fsp3) is 0.636. The Labute approximate surface area is 113 Å². The number of hydrogen-bond acceptors (Lipinski definition) is 5. The normalized spacial score (nSPS) is 11.8. The van der Waals surface area contributed by atoms with Gasteiger partial charge in [-0.25, -0.2) is 13.4 Å². The van der Waals surface area contributed by atoms with Crippen molar-refractivity contribution in [2.24, 2.45) is 0 Å². The van der Waals surface area contributed by atoms with Crippen molar-refractivity contribution in [2.75, 3.05) is 20.7 Å². The molecule has 0 aliphatic carbocycles. The third-order valence-electron chi connectivity index (χ3n) is 2.67. The molecular weight excluding hydrogens is 270 g/mol. The van der Waals surface area contributed by atoms with Crippen molar-refractivity contribution in [2.45, 2.75) is 31.8 Å². The first-order chi connectivity index (χ1) is 8.82. The van der Waals surface area contributed by atoms with Crippen LogP contribution in [0.15, 0.2) is 11.2 Å². The van der Waals surface area contributed by atoms with Crippen molar-refractivity contribution in [1.29, 1.82) is 0 Å². The Balaban J connectivity index is 2.99. The molecule has 8 heteroatoms. The smallest absolute Gasteiger partial charge is 0.321 e. The molecule has 19 heavy (non-hydrogen) atoms. The maximum Gasteiger partial charge on any atom is 0.321 e. The zero-order valence-electron chi connectivity index (χ0n) is 11.6. The molecule has 108 valence electrons. The highest BCUT2D eigenvalue weighted by Gasteiger charge is 2.26. The van der Waals surface area contributed by atoms with Gasteiger partial charge in [0.05, 0.1) is 7.11 Å². The number of likely N-dealkylation sites (N-methyl/N-ethyl adjacent to an activating group) is 1. The summed E-state index contributed by atoms with van der Waals surface area (Å²) in [6.07, 6.45) is 2.37. The number of ether oxygens (including phenoxy) is 1. The zero-order valence-corrected chi connectivity index (χ0v) is 12.4. The van der Waals surface area contributed by atoms with Crippen molar-refractivity contribution in [1.82, 2.24) is 13.9 Å². The molecule has 0 spiro atoms. The lowest BCUT2D eigenvalue weighted by molar-refractivity contribution is -0.140. The Morgan fingerprint density at radius 1 is 1.53 bits per heavy atom. The first-order valence-electron chi connectivity index (χ1n) is 5.89. The fourth-order valence-corrected chi connectivity index (χ4v) is 2.66. The van der Waals surface area contributed by atoms with Crippen LogP contribution in [0.5, 0.6) is 0 Å². The minimum absolute atomic E-state index is 0.0511. The third kappa shape index (κ3) is 3.54. The van der Waals surface area contributed by atoms with Crippen molar-refractivity contribution >= 4 is 16.0 Å². The Morgan fingerprint density at radius 3 is 2.68 bits per heavy atom. The molecule has 1 heterocycles. The number of methoxy groups -OCH3 is 1. The number of sulfonamides is 1. The summed E-state index contributed by atoms with van der Waals surface area (Å²) in [6.45, 7) is 4.11. The highest BCUT2D eigenvalue weighted by Crippen LogP contribution is 2.14. The molecule has 0 fully saturated rings. The van der Waals surface area contributed by atoms with Gasteiger partial charge in [-0.3, -0.25) is 4.79 Å². The topological polar surface area (TPSA) is 81.5 Å². The minimum atomic E-state index is -3.76. The number of rotatable bonds is 6. The van der Waals surface area contributed by atoms with Crippen LogP contribution in [0.1, 0.15) is 19.2 Å². The Bertz CT molecular complexity index is 550. The molecule has 0 aliphatic rings. The Kier molecular flexibility index (Phi) is 5.07. The van der Waals surface area contributed by atoms with Crippen LogP contribution in [0.25, 0.3) is 0 Å². The molecule has 0 unspecified atom stereocenters. The predicted octanol–water partition coefficient (Wildman–Crippen LogP) is 0.395. The number of imidazole rings is 1. The largest absolute Gasteiger partial charge is 0.468 e. The van der Waals surface area contributed by atoms with Crippen molar-refractivity contribution in [3.63, 3.8) is 0 Å². The summed E-state index contributed by atoms with van der Waals surface area (Å²) in [5.41, 5.74) is 0. The van der Waals surface area contributed by atoms with E-state index in [2.05, 4.69) is 9.72 Å². The number of hydrogen-bond donors (Lipinski definition) is 0.